The number of aliphatic hydroxyl groups excluding tert-OH is 2. The monoisotopic (exact) mass is 468 g/mol. The maximum Gasteiger partial charge on any atom is 0.251 e. The number of nitrogens with zero attached hydrogens (tertiary/aromatic N) is 2. The molecule has 0 aliphatic rings. The largest absolute Gasteiger partial charge is 0.394 e. The zero-order valence-corrected chi connectivity index (χ0v) is 19.4. The van der Waals surface area contributed by atoms with Crippen LogP contribution in [0, 0.1) is 6.92 Å². The third kappa shape index (κ3) is 6.09. The Bertz CT molecular complexity index is 1270. The fraction of sp³-hybridized carbons (Fsp3) is 0.179. The standard InChI is InChI=1S/C28H28N4O3/c1-19-12-13-22(28(35)32-25(18-33)27(34)21-10-6-3-7-11-21)14-23(19)15-30-26-17-29-16-24(31-26)20-8-4-2-5-9-20/h2-14,16-17,25,27,33-34H,15,18H2,1H3,(H,30,31)(H,32,35)/t25-,27-/m0/s1. The van der Waals surface area contributed by atoms with Crippen molar-refractivity contribution < 1.29 is 15.0 Å². The Morgan fingerprint density at radius 1 is 0.971 bits per heavy atom. The van der Waals surface area contributed by atoms with Crippen LogP contribution >= 0.6 is 0 Å². The molecule has 0 fully saturated rings. The summed E-state index contributed by atoms with van der Waals surface area (Å²) in [6.07, 6.45) is 2.36. The van der Waals surface area contributed by atoms with E-state index in [4.69, 9.17) is 0 Å². The van der Waals surface area contributed by atoms with Crippen molar-refractivity contribution in [3.63, 3.8) is 0 Å². The first-order valence-electron chi connectivity index (χ1n) is 11.4. The average Bonchev–Trinajstić information content (AvgIpc) is 2.92. The van der Waals surface area contributed by atoms with Gasteiger partial charge in [-0.1, -0.05) is 66.7 Å². The molecule has 0 unspecified atom stereocenters. The zero-order valence-electron chi connectivity index (χ0n) is 19.4. The van der Waals surface area contributed by atoms with Gasteiger partial charge in [0.25, 0.3) is 5.91 Å². The molecule has 7 heteroatoms. The number of carbonyl (C=O) groups is 1. The topological polar surface area (TPSA) is 107 Å². The van der Waals surface area contributed by atoms with Gasteiger partial charge in [-0.3, -0.25) is 9.78 Å². The lowest BCUT2D eigenvalue weighted by Crippen LogP contribution is -2.42. The third-order valence-corrected chi connectivity index (χ3v) is 5.81. The van der Waals surface area contributed by atoms with E-state index in [9.17, 15) is 15.0 Å². The quantitative estimate of drug-likeness (QED) is 0.297. The molecule has 0 spiro atoms. The lowest BCUT2D eigenvalue weighted by atomic mass is 10.0. The fourth-order valence-corrected chi connectivity index (χ4v) is 3.75. The van der Waals surface area contributed by atoms with Crippen molar-refractivity contribution in [2.75, 3.05) is 11.9 Å². The minimum absolute atomic E-state index is 0.369. The minimum atomic E-state index is -1.02. The van der Waals surface area contributed by atoms with Crippen LogP contribution in [0.15, 0.2) is 91.3 Å². The van der Waals surface area contributed by atoms with Gasteiger partial charge in [-0.15, -0.1) is 0 Å². The van der Waals surface area contributed by atoms with Gasteiger partial charge >= 0.3 is 0 Å². The van der Waals surface area contributed by atoms with Crippen LogP contribution in [0.2, 0.25) is 0 Å². The van der Waals surface area contributed by atoms with Crippen LogP contribution < -0.4 is 10.6 Å². The van der Waals surface area contributed by atoms with Gasteiger partial charge in [-0.05, 0) is 35.7 Å². The van der Waals surface area contributed by atoms with Crippen molar-refractivity contribution >= 4 is 11.7 Å². The summed E-state index contributed by atoms with van der Waals surface area (Å²) in [6, 6.07) is 23.4. The number of hydrogen-bond donors (Lipinski definition) is 4. The first kappa shape index (κ1) is 24.1. The number of amides is 1. The summed E-state index contributed by atoms with van der Waals surface area (Å²) < 4.78 is 0. The Balaban J connectivity index is 1.44. The van der Waals surface area contributed by atoms with Gasteiger partial charge in [-0.25, -0.2) is 4.98 Å². The van der Waals surface area contributed by atoms with Gasteiger partial charge in [0, 0.05) is 17.7 Å². The summed E-state index contributed by atoms with van der Waals surface area (Å²) >= 11 is 0. The fourth-order valence-electron chi connectivity index (χ4n) is 3.75. The van der Waals surface area contributed by atoms with Gasteiger partial charge in [0.05, 0.1) is 30.7 Å². The van der Waals surface area contributed by atoms with E-state index in [1.54, 1.807) is 48.8 Å². The number of benzene rings is 3. The molecule has 0 saturated carbocycles. The van der Waals surface area contributed by atoms with Crippen molar-refractivity contribution in [1.82, 2.24) is 15.3 Å². The van der Waals surface area contributed by atoms with Crippen molar-refractivity contribution in [3.8, 4) is 11.3 Å². The van der Waals surface area contributed by atoms with Crippen LogP contribution in [0.4, 0.5) is 5.82 Å². The van der Waals surface area contributed by atoms with E-state index in [0.717, 1.165) is 22.4 Å². The summed E-state index contributed by atoms with van der Waals surface area (Å²) in [7, 11) is 0. The molecule has 0 aliphatic carbocycles. The van der Waals surface area contributed by atoms with Crippen LogP contribution in [0.3, 0.4) is 0 Å². The first-order valence-corrected chi connectivity index (χ1v) is 11.4. The predicted molar refractivity (Wildman–Crippen MR) is 136 cm³/mol. The van der Waals surface area contributed by atoms with Crippen LogP contribution in [-0.4, -0.2) is 38.7 Å². The minimum Gasteiger partial charge on any atom is -0.394 e. The zero-order chi connectivity index (χ0) is 24.6. The molecule has 0 saturated heterocycles. The summed E-state index contributed by atoms with van der Waals surface area (Å²) in [4.78, 5) is 21.8. The van der Waals surface area contributed by atoms with Crippen LogP contribution in [0.5, 0.6) is 0 Å². The van der Waals surface area contributed by atoms with Gasteiger partial charge in [0.2, 0.25) is 0 Å². The molecule has 35 heavy (non-hydrogen) atoms. The van der Waals surface area contributed by atoms with E-state index in [-0.39, 0.29) is 5.91 Å². The normalized spacial score (nSPS) is 12.5. The maximum absolute atomic E-state index is 12.9. The molecule has 4 aromatic rings. The molecule has 1 amide bonds. The smallest absolute Gasteiger partial charge is 0.251 e. The molecule has 1 aromatic heterocycles. The number of carbonyl (C=O) groups excluding carboxylic acids is 1. The number of anilines is 1. The molecule has 4 rings (SSSR count). The van der Waals surface area contributed by atoms with Crippen molar-refractivity contribution in [2.24, 2.45) is 0 Å². The highest BCUT2D eigenvalue weighted by Crippen LogP contribution is 2.20. The van der Waals surface area contributed by atoms with Gasteiger partial charge < -0.3 is 20.8 Å². The van der Waals surface area contributed by atoms with E-state index in [1.807, 2.05) is 49.4 Å². The van der Waals surface area contributed by atoms with Crippen molar-refractivity contribution in [3.05, 3.63) is 114 Å². The van der Waals surface area contributed by atoms with E-state index in [2.05, 4.69) is 20.6 Å². The van der Waals surface area contributed by atoms with Crippen molar-refractivity contribution in [1.29, 1.82) is 0 Å². The highest BCUT2D eigenvalue weighted by Gasteiger charge is 2.23. The molecule has 7 nitrogen and oxygen atoms in total. The molecular formula is C28H28N4O3. The lowest BCUT2D eigenvalue weighted by molar-refractivity contribution is 0.0703. The molecule has 2 atom stereocenters. The summed E-state index contributed by atoms with van der Waals surface area (Å²) in [6.45, 7) is 2.04. The molecule has 3 aromatic carbocycles. The average molecular weight is 469 g/mol. The summed E-state index contributed by atoms with van der Waals surface area (Å²) in [5, 5.41) is 26.4. The van der Waals surface area contributed by atoms with Crippen LogP contribution in [0.1, 0.15) is 33.2 Å². The second-order valence-electron chi connectivity index (χ2n) is 8.27. The number of hydrogen-bond acceptors (Lipinski definition) is 6. The molecule has 178 valence electrons. The van der Waals surface area contributed by atoms with Crippen LogP contribution in [-0.2, 0) is 6.54 Å². The molecule has 4 N–H and O–H groups in total. The van der Waals surface area contributed by atoms with E-state index in [1.165, 1.54) is 0 Å². The lowest BCUT2D eigenvalue weighted by Gasteiger charge is -2.23. The molecule has 1 heterocycles. The van der Waals surface area contributed by atoms with E-state index >= 15 is 0 Å². The molecule has 0 radical (unpaired) electrons. The Morgan fingerprint density at radius 3 is 2.40 bits per heavy atom. The number of aliphatic hydroxyl groups is 2. The van der Waals surface area contributed by atoms with Gasteiger partial charge in [0.1, 0.15) is 11.9 Å². The molecular weight excluding hydrogens is 440 g/mol. The Labute approximate surface area is 204 Å². The van der Waals surface area contributed by atoms with E-state index < -0.39 is 18.8 Å². The SMILES string of the molecule is Cc1ccc(C(=O)N[C@@H](CO)[C@@H](O)c2ccccc2)cc1CNc1cncc(-c2ccccc2)n1. The number of nitrogens with one attached hydrogen (secondary N) is 2. The second-order valence-corrected chi connectivity index (χ2v) is 8.27. The van der Waals surface area contributed by atoms with E-state index in [0.29, 0.717) is 23.5 Å². The van der Waals surface area contributed by atoms with Crippen LogP contribution in [0.25, 0.3) is 11.3 Å². The molecule has 0 aliphatic heterocycles. The first-order chi connectivity index (χ1) is 17.0. The Kier molecular flexibility index (Phi) is 7.82. The Morgan fingerprint density at radius 2 is 1.69 bits per heavy atom. The summed E-state index contributed by atoms with van der Waals surface area (Å²) in [5.41, 5.74) is 4.76. The predicted octanol–water partition coefficient (Wildman–Crippen LogP) is 3.89. The number of aromatic nitrogens is 2. The third-order valence-electron chi connectivity index (χ3n) is 5.81. The van der Waals surface area contributed by atoms with Gasteiger partial charge in [-0.2, -0.15) is 0 Å². The highest BCUT2D eigenvalue weighted by molar-refractivity contribution is 5.94. The highest BCUT2D eigenvalue weighted by atomic mass is 16.3. The van der Waals surface area contributed by atoms with Crippen molar-refractivity contribution in [2.45, 2.75) is 25.6 Å². The number of rotatable bonds is 9. The summed E-state index contributed by atoms with van der Waals surface area (Å²) in [5.74, 6) is 0.262. The molecule has 0 bridgehead atoms. The second kappa shape index (κ2) is 11.4. The van der Waals surface area contributed by atoms with Gasteiger partial charge in [0.15, 0.2) is 0 Å². The maximum atomic E-state index is 12.9. The number of aryl methyl sites for hydroxylation is 1. The Hall–Kier alpha value is -4.07.